The Bertz CT molecular complexity index is 1710. The maximum atomic E-state index is 13.4. The highest BCUT2D eigenvalue weighted by Crippen LogP contribution is 2.47. The summed E-state index contributed by atoms with van der Waals surface area (Å²) < 4.78 is 62.0. The van der Waals surface area contributed by atoms with Gasteiger partial charge >= 0.3 is 13.9 Å². The molecule has 0 aromatic carbocycles. The van der Waals surface area contributed by atoms with Gasteiger partial charge in [-0.25, -0.2) is 9.36 Å². The predicted octanol–water partition coefficient (Wildman–Crippen LogP) is -2.69. The molecule has 26 heteroatoms. The highest BCUT2D eigenvalue weighted by Gasteiger charge is 2.56. The number of nitrogens with one attached hydrogen (secondary N) is 1. The number of ether oxygens (including phenoxy) is 7. The van der Waals surface area contributed by atoms with E-state index in [1.165, 1.54) is 11.1 Å². The van der Waals surface area contributed by atoms with Gasteiger partial charge in [-0.3, -0.25) is 18.6 Å². The summed E-state index contributed by atoms with van der Waals surface area (Å²) in [6.45, 7) is 6.41. The molecule has 0 aromatic rings. The van der Waals surface area contributed by atoms with Crippen LogP contribution in [0.5, 0.6) is 0 Å². The van der Waals surface area contributed by atoms with E-state index >= 15 is 0 Å². The molecule has 0 aromatic heterocycles. The van der Waals surface area contributed by atoms with Gasteiger partial charge in [0.2, 0.25) is 11.8 Å². The molecular weight excluding hydrogens is 893 g/mol. The lowest BCUT2D eigenvalue weighted by Gasteiger charge is -2.47. The topological polar surface area (TPSA) is 394 Å². The van der Waals surface area contributed by atoms with Crippen molar-refractivity contribution in [3.05, 3.63) is 34.9 Å². The van der Waals surface area contributed by atoms with Crippen LogP contribution in [0.2, 0.25) is 0 Å². The molecule has 65 heavy (non-hydrogen) atoms. The molecule has 0 aliphatic carbocycles. The first-order valence-corrected chi connectivity index (χ1v) is 22.1. The van der Waals surface area contributed by atoms with Crippen LogP contribution in [0.3, 0.4) is 0 Å². The minimum absolute atomic E-state index is 0.0869. The molecule has 3 fully saturated rings. The van der Waals surface area contributed by atoms with E-state index in [4.69, 9.17) is 53.7 Å². The molecule has 25 nitrogen and oxygen atoms in total. The fraction of sp³-hybridized carbons (Fsp3) is 0.744. The zero-order chi connectivity index (χ0) is 48.8. The number of aliphatic hydroxyl groups is 7. The standard InChI is InChI=1S/C39H64N3O22P/c1-18(2)8-6-9-19(3)10-7-11-20(4)12-13-56-22(14-43)16-58-65(54,55)64-38-34(32(63-39(41)53)31(51)33(61-38)35(40)52)62-36-25(42-21(5)45)28(48)27(47)24(60-36)17-57-37-30(50)29(49)26(46)23(15-44)59-37/h8,10,12,14,22-34,36-38,44,46-51H,6-7,9,11,13,15-17H2,1-5H3,(H2,40,52)(H2,41,53)(H,42,45)(H,54,55)/b19-10+,20-12-/t22-,23?,24?,25?,26-,27-,28-,29?,30+,31-,32+,33?,34?,36+,37-,38-/m1/s1. The van der Waals surface area contributed by atoms with Crippen LogP contribution in [0.15, 0.2) is 34.9 Å². The van der Waals surface area contributed by atoms with Gasteiger partial charge in [0, 0.05) is 6.92 Å². The average Bonchev–Trinajstić information content (AvgIpc) is 3.22. The number of amides is 3. The van der Waals surface area contributed by atoms with Gasteiger partial charge in [0.25, 0.3) is 0 Å². The minimum atomic E-state index is -5.46. The van der Waals surface area contributed by atoms with Crippen LogP contribution in [-0.2, 0) is 61.2 Å². The third kappa shape index (κ3) is 17.1. The van der Waals surface area contributed by atoms with Crippen molar-refractivity contribution in [2.75, 3.05) is 26.4 Å². The first kappa shape index (κ1) is 56.0. The van der Waals surface area contributed by atoms with Crippen LogP contribution in [0.25, 0.3) is 0 Å². The van der Waals surface area contributed by atoms with Gasteiger partial charge < -0.3 is 95.4 Å². The monoisotopic (exact) mass is 957 g/mol. The molecule has 3 rings (SSSR count). The van der Waals surface area contributed by atoms with Crippen LogP contribution < -0.4 is 16.8 Å². The molecule has 0 radical (unpaired) electrons. The Morgan fingerprint density at radius 2 is 1.38 bits per heavy atom. The van der Waals surface area contributed by atoms with Crippen LogP contribution in [0.1, 0.15) is 60.3 Å². The smallest absolute Gasteiger partial charge is 0.440 e. The maximum absolute atomic E-state index is 13.4. The Labute approximate surface area is 374 Å². The van der Waals surface area contributed by atoms with Gasteiger partial charge in [-0.05, 0) is 53.4 Å². The van der Waals surface area contributed by atoms with Crippen molar-refractivity contribution in [1.29, 1.82) is 0 Å². The second-order valence-electron chi connectivity index (χ2n) is 15.9. The van der Waals surface area contributed by atoms with Crippen molar-refractivity contribution in [3.63, 3.8) is 0 Å². The third-order valence-corrected chi connectivity index (χ3v) is 11.3. The summed E-state index contributed by atoms with van der Waals surface area (Å²) in [5.41, 5.74) is 14.1. The van der Waals surface area contributed by atoms with Gasteiger partial charge in [0.05, 0.1) is 26.4 Å². The molecule has 3 aliphatic rings. The van der Waals surface area contributed by atoms with Crippen LogP contribution in [-0.4, -0.2) is 189 Å². The summed E-state index contributed by atoms with van der Waals surface area (Å²) >= 11 is 0. The Morgan fingerprint density at radius 3 is 1.97 bits per heavy atom. The molecule has 372 valence electrons. The third-order valence-electron chi connectivity index (χ3n) is 10.3. The molecule has 3 heterocycles. The summed E-state index contributed by atoms with van der Waals surface area (Å²) in [5.74, 6) is -2.24. The van der Waals surface area contributed by atoms with Crippen molar-refractivity contribution in [2.45, 2.75) is 158 Å². The van der Waals surface area contributed by atoms with Crippen molar-refractivity contribution in [1.82, 2.24) is 5.32 Å². The number of allylic oxidation sites excluding steroid dienone is 5. The van der Waals surface area contributed by atoms with E-state index in [1.54, 1.807) is 6.08 Å². The van der Waals surface area contributed by atoms with E-state index in [0.717, 1.165) is 31.8 Å². The number of rotatable bonds is 24. The molecule has 3 amide bonds. The first-order valence-electron chi connectivity index (χ1n) is 20.6. The molecule has 3 saturated heterocycles. The fourth-order valence-electron chi connectivity index (χ4n) is 6.79. The Morgan fingerprint density at radius 1 is 0.769 bits per heavy atom. The van der Waals surface area contributed by atoms with Gasteiger partial charge in [-0.1, -0.05) is 34.9 Å². The second-order valence-corrected chi connectivity index (χ2v) is 17.3. The second kappa shape index (κ2) is 26.3. The van der Waals surface area contributed by atoms with E-state index < -0.39 is 144 Å². The number of primary amides is 2. The molecule has 0 saturated carbocycles. The molecule has 0 bridgehead atoms. The highest BCUT2D eigenvalue weighted by atomic mass is 31.2. The Hall–Kier alpha value is -3.31. The maximum Gasteiger partial charge on any atom is 0.474 e. The fourth-order valence-corrected chi connectivity index (χ4v) is 7.62. The molecule has 3 aliphatic heterocycles. The van der Waals surface area contributed by atoms with Crippen molar-refractivity contribution in [3.8, 4) is 0 Å². The van der Waals surface area contributed by atoms with E-state index in [2.05, 4.69) is 24.4 Å². The lowest BCUT2D eigenvalue weighted by molar-refractivity contribution is -0.348. The summed E-state index contributed by atoms with van der Waals surface area (Å²) in [7, 11) is -5.46. The van der Waals surface area contributed by atoms with Gasteiger partial charge in [-0.15, -0.1) is 0 Å². The van der Waals surface area contributed by atoms with Crippen molar-refractivity contribution in [2.24, 2.45) is 11.5 Å². The largest absolute Gasteiger partial charge is 0.474 e. The quantitative estimate of drug-likeness (QED) is 0.0267. The number of carbonyl (C=O) groups is 4. The normalized spacial score (nSPS) is 34.8. The lowest BCUT2D eigenvalue weighted by atomic mass is 9.95. The SMILES string of the molecule is CC(=O)NC1[C@H](OC2[C@@H](OP(=O)(O)OC[C@@H](C=O)OC/C=C(/C)CC/C=C(\C)CCC=C(C)C)OC(C(N)=O)[C@H](O)[C@@H]2OC(N)=O)OC(CO[C@@H]2OC(CO)[C@@H](O)C(O)[C@@H]2O)[C@@H](O)[C@@H]1O. The number of hydrogen-bond donors (Lipinski definition) is 11. The lowest BCUT2D eigenvalue weighted by Crippen LogP contribution is -2.68. The van der Waals surface area contributed by atoms with E-state index in [0.29, 0.717) is 12.7 Å². The van der Waals surface area contributed by atoms with Gasteiger partial charge in [0.1, 0.15) is 61.0 Å². The van der Waals surface area contributed by atoms with Gasteiger partial charge in [-0.2, -0.15) is 0 Å². The highest BCUT2D eigenvalue weighted by molar-refractivity contribution is 7.47. The number of aliphatic hydroxyl groups excluding tert-OH is 7. The first-order chi connectivity index (χ1) is 30.5. The van der Waals surface area contributed by atoms with Gasteiger partial charge in [0.15, 0.2) is 43.5 Å². The minimum Gasteiger partial charge on any atom is -0.440 e. The summed E-state index contributed by atoms with van der Waals surface area (Å²) in [5, 5.41) is 75.7. The van der Waals surface area contributed by atoms with Crippen LogP contribution in [0, 0.1) is 0 Å². The zero-order valence-electron chi connectivity index (χ0n) is 36.6. The number of nitrogens with two attached hydrogens (primary N) is 2. The number of phosphoric ester groups is 1. The molecule has 13 N–H and O–H groups in total. The molecule has 7 unspecified atom stereocenters. The number of hydrogen-bond acceptors (Lipinski definition) is 21. The van der Waals surface area contributed by atoms with Crippen LogP contribution >= 0.6 is 7.82 Å². The molecular formula is C39H64N3O22P. The Balaban J connectivity index is 1.81. The number of phosphoric acid groups is 1. The Kier molecular flexibility index (Phi) is 22.7. The van der Waals surface area contributed by atoms with Crippen LogP contribution in [0.4, 0.5) is 4.79 Å². The average molecular weight is 958 g/mol. The van der Waals surface area contributed by atoms with E-state index in [9.17, 15) is 64.4 Å². The van der Waals surface area contributed by atoms with E-state index in [-0.39, 0.29) is 6.61 Å². The zero-order valence-corrected chi connectivity index (χ0v) is 37.5. The molecule has 17 atom stereocenters. The van der Waals surface area contributed by atoms with Crippen molar-refractivity contribution < 1.29 is 107 Å². The van der Waals surface area contributed by atoms with Crippen molar-refractivity contribution >= 4 is 32.0 Å². The summed E-state index contributed by atoms with van der Waals surface area (Å²) in [6, 6.07) is -1.76. The predicted molar refractivity (Wildman–Crippen MR) is 219 cm³/mol. The summed E-state index contributed by atoms with van der Waals surface area (Å²) in [4.78, 5) is 59.4. The number of carbonyl (C=O) groups excluding carboxylic acids is 4. The van der Waals surface area contributed by atoms with E-state index in [1.807, 2.05) is 20.8 Å². The molecule has 0 spiro atoms. The summed E-state index contributed by atoms with van der Waals surface area (Å²) in [6.07, 6.45) is -20.9. The number of aldehydes is 1.